The van der Waals surface area contributed by atoms with Crippen LogP contribution < -0.4 is 9.47 Å². The first-order valence-corrected chi connectivity index (χ1v) is 13.9. The van der Waals surface area contributed by atoms with E-state index < -0.39 is 0 Å². The third-order valence-electron chi connectivity index (χ3n) is 4.86. The van der Waals surface area contributed by atoms with Gasteiger partial charge in [0.1, 0.15) is 23.0 Å². The average molecular weight is 580 g/mol. The molecule has 0 saturated heterocycles. The van der Waals surface area contributed by atoms with E-state index in [0.717, 1.165) is 39.4 Å². The van der Waals surface area contributed by atoms with Gasteiger partial charge in [0, 0.05) is 6.21 Å². The molecule has 1 heterocycles. The van der Waals surface area contributed by atoms with E-state index >= 15 is 0 Å². The fourth-order valence-corrected chi connectivity index (χ4v) is 2.64. The smallest absolute Gasteiger partial charge is 0.134 e. The van der Waals surface area contributed by atoms with Gasteiger partial charge < -0.3 is 19.9 Å². The summed E-state index contributed by atoms with van der Waals surface area (Å²) in [5, 5.41) is 6.92. The zero-order chi connectivity index (χ0) is 33.1. The Bertz CT molecular complexity index is 1440. The van der Waals surface area contributed by atoms with E-state index in [4.69, 9.17) is 21.3 Å². The summed E-state index contributed by atoms with van der Waals surface area (Å²) >= 11 is 0. The summed E-state index contributed by atoms with van der Waals surface area (Å²) in [7, 11) is 3.23. The number of nitrogens with zero attached hydrogens (tertiary/aromatic N) is 1. The fraction of sp³-hybridized carbons (Fsp3) is 0.316. The van der Waals surface area contributed by atoms with Crippen LogP contribution in [0.5, 0.6) is 11.5 Å². The molecule has 0 saturated carbocycles. The van der Waals surface area contributed by atoms with Crippen LogP contribution in [0.25, 0.3) is 12.2 Å². The van der Waals surface area contributed by atoms with Crippen LogP contribution in [0.4, 0.5) is 0 Å². The molecule has 0 fully saturated rings. The normalized spacial score (nSPS) is 10.1. The highest BCUT2D eigenvalue weighted by atomic mass is 16.5. The number of terminal acetylenes is 1. The van der Waals surface area contributed by atoms with Crippen LogP contribution in [0, 0.1) is 47.3 Å². The first kappa shape index (κ1) is 38.3. The molecule has 1 aromatic heterocycles. The van der Waals surface area contributed by atoms with Crippen LogP contribution in [-0.2, 0) is 0 Å². The largest absolute Gasteiger partial charge is 0.495 e. The van der Waals surface area contributed by atoms with Crippen molar-refractivity contribution in [3.8, 4) is 35.7 Å². The Kier molecular flexibility index (Phi) is 17.3. The number of aromatic amines is 1. The number of aromatic nitrogens is 2. The van der Waals surface area contributed by atoms with Crippen molar-refractivity contribution in [1.29, 1.82) is 5.41 Å². The van der Waals surface area contributed by atoms with Gasteiger partial charge in [-0.05, 0) is 71.2 Å². The molecule has 0 atom stereocenters. The van der Waals surface area contributed by atoms with Crippen LogP contribution in [0.3, 0.4) is 0 Å². The number of nitrogens with one attached hydrogen (secondary N) is 2. The van der Waals surface area contributed by atoms with Crippen LogP contribution in [0.15, 0.2) is 67.9 Å². The second-order valence-electron chi connectivity index (χ2n) is 12.0. The predicted molar refractivity (Wildman–Crippen MR) is 186 cm³/mol. The number of aryl methyl sites for hydroxylation is 1. The number of hydrogen-bond acceptors (Lipinski definition) is 4. The second-order valence-corrected chi connectivity index (χ2v) is 12.0. The Morgan fingerprint density at radius 1 is 0.907 bits per heavy atom. The van der Waals surface area contributed by atoms with Crippen molar-refractivity contribution < 1.29 is 9.47 Å². The van der Waals surface area contributed by atoms with Gasteiger partial charge in [-0.1, -0.05) is 91.2 Å². The van der Waals surface area contributed by atoms with Crippen molar-refractivity contribution in [2.24, 2.45) is 10.8 Å². The molecule has 0 amide bonds. The standard InChI is InChI=1S/C16H15N3O.C11H10O.C6H12.C5H12/c1-12-5-8-15(20-2)13(10-12)6-7-14-11-18-16(19-14)4-3-9-17;1-4-9-6-7-11(12-3)10(5-2)8-9;1-5-6(2,3)4;1-5(2,3)4/h3-5,8-11,17H,1-2H3,(H,18,19);2,4,6-8H,1H2,3H3;5H,1H2,2-4H3;1-4H3/b4-3-,17-9?;;;. The van der Waals surface area contributed by atoms with Crippen LogP contribution in [0.2, 0.25) is 0 Å². The quantitative estimate of drug-likeness (QED) is 0.180. The number of benzene rings is 2. The molecule has 3 rings (SSSR count). The molecule has 0 aliphatic carbocycles. The molecule has 5 nitrogen and oxygen atoms in total. The van der Waals surface area contributed by atoms with Gasteiger partial charge in [0.25, 0.3) is 0 Å². The molecule has 0 unspecified atom stereocenters. The molecule has 0 bridgehead atoms. The number of allylic oxidation sites excluding steroid dienone is 2. The third-order valence-corrected chi connectivity index (χ3v) is 4.86. The molecule has 0 aliphatic heterocycles. The Balaban J connectivity index is 0.000000647. The van der Waals surface area contributed by atoms with Gasteiger partial charge in [-0.15, -0.1) is 13.0 Å². The minimum absolute atomic E-state index is 0.306. The highest BCUT2D eigenvalue weighted by Gasteiger charge is 2.01. The number of imidazole rings is 1. The highest BCUT2D eigenvalue weighted by Crippen LogP contribution is 2.19. The van der Waals surface area contributed by atoms with E-state index in [0.29, 0.717) is 16.7 Å². The van der Waals surface area contributed by atoms with Gasteiger partial charge in [0.2, 0.25) is 0 Å². The number of hydrogen-bond donors (Lipinski definition) is 2. The van der Waals surface area contributed by atoms with Crippen molar-refractivity contribution in [2.75, 3.05) is 14.2 Å². The summed E-state index contributed by atoms with van der Waals surface area (Å²) in [6.07, 6.45) is 15.1. The Morgan fingerprint density at radius 3 is 1.95 bits per heavy atom. The molecule has 0 aliphatic rings. The second kappa shape index (κ2) is 19.4. The summed E-state index contributed by atoms with van der Waals surface area (Å²) in [5.74, 6) is 10.8. The van der Waals surface area contributed by atoms with Crippen molar-refractivity contribution in [2.45, 2.75) is 55.4 Å². The van der Waals surface area contributed by atoms with Crippen LogP contribution >= 0.6 is 0 Å². The topological polar surface area (TPSA) is 71.0 Å². The Labute approximate surface area is 260 Å². The SMILES string of the molecule is C#Cc1cc(C=C)ccc1OC.C=CC(C)(C)C.CC(C)(C)C.COc1ccc(C)cc1C#Cc1cnc(/C=C\C=N)[nH]1. The fourth-order valence-electron chi connectivity index (χ4n) is 2.64. The Morgan fingerprint density at radius 2 is 1.47 bits per heavy atom. The maximum absolute atomic E-state index is 6.92. The molecular formula is C38H49N3O2. The lowest BCUT2D eigenvalue weighted by Crippen LogP contribution is -1.96. The summed E-state index contributed by atoms with van der Waals surface area (Å²) in [5.41, 5.74) is 5.27. The molecule has 0 spiro atoms. The lowest BCUT2D eigenvalue weighted by Gasteiger charge is -2.08. The maximum Gasteiger partial charge on any atom is 0.134 e. The van der Waals surface area contributed by atoms with E-state index in [1.54, 1.807) is 38.6 Å². The van der Waals surface area contributed by atoms with Gasteiger partial charge in [-0.3, -0.25) is 0 Å². The predicted octanol–water partition coefficient (Wildman–Crippen LogP) is 9.38. The molecule has 2 aromatic carbocycles. The van der Waals surface area contributed by atoms with Crippen molar-refractivity contribution in [1.82, 2.24) is 9.97 Å². The molecular weight excluding hydrogens is 530 g/mol. The average Bonchev–Trinajstić information content (AvgIpc) is 3.41. The molecule has 0 radical (unpaired) electrons. The number of H-pyrrole nitrogens is 1. The van der Waals surface area contributed by atoms with Gasteiger partial charge in [-0.2, -0.15) is 0 Å². The van der Waals surface area contributed by atoms with Crippen molar-refractivity contribution >= 4 is 18.4 Å². The lowest BCUT2D eigenvalue weighted by molar-refractivity contribution is 0.413. The zero-order valence-electron chi connectivity index (χ0n) is 27.7. The first-order chi connectivity index (χ1) is 20.1. The summed E-state index contributed by atoms with van der Waals surface area (Å²) in [4.78, 5) is 7.20. The first-order valence-electron chi connectivity index (χ1n) is 13.9. The number of methoxy groups -OCH3 is 2. The van der Waals surface area contributed by atoms with E-state index in [1.165, 1.54) is 6.21 Å². The van der Waals surface area contributed by atoms with Gasteiger partial charge in [0.15, 0.2) is 0 Å². The summed E-state index contributed by atoms with van der Waals surface area (Å²) in [6, 6.07) is 11.5. The Hall–Kier alpha value is -4.74. The van der Waals surface area contributed by atoms with Crippen molar-refractivity contribution in [3.63, 3.8) is 0 Å². The minimum atomic E-state index is 0.306. The highest BCUT2D eigenvalue weighted by molar-refractivity contribution is 5.74. The van der Waals surface area contributed by atoms with Crippen molar-refractivity contribution in [3.05, 3.63) is 102 Å². The summed E-state index contributed by atoms with van der Waals surface area (Å²) in [6.45, 7) is 24.4. The van der Waals surface area contributed by atoms with Gasteiger partial charge in [-0.25, -0.2) is 4.98 Å². The number of rotatable bonds is 5. The van der Waals surface area contributed by atoms with Gasteiger partial charge >= 0.3 is 0 Å². The van der Waals surface area contributed by atoms with E-state index in [9.17, 15) is 0 Å². The number of ether oxygens (including phenoxy) is 2. The van der Waals surface area contributed by atoms with Crippen LogP contribution in [0.1, 0.15) is 82.2 Å². The maximum atomic E-state index is 6.92. The minimum Gasteiger partial charge on any atom is -0.495 e. The third kappa shape index (κ3) is 18.3. The molecule has 5 heteroatoms. The summed E-state index contributed by atoms with van der Waals surface area (Å²) < 4.78 is 10.3. The van der Waals surface area contributed by atoms with E-state index in [1.807, 2.05) is 49.4 Å². The zero-order valence-corrected chi connectivity index (χ0v) is 27.7. The lowest BCUT2D eigenvalue weighted by atomic mass is 9.98. The molecule has 3 aromatic rings. The monoisotopic (exact) mass is 579 g/mol. The van der Waals surface area contributed by atoms with Crippen LogP contribution in [-0.4, -0.2) is 30.4 Å². The molecule has 43 heavy (non-hydrogen) atoms. The molecule has 2 N–H and O–H groups in total. The van der Waals surface area contributed by atoms with E-state index in [2.05, 4.69) is 89.4 Å². The molecule has 228 valence electrons. The van der Waals surface area contributed by atoms with Gasteiger partial charge in [0.05, 0.1) is 31.5 Å². The van der Waals surface area contributed by atoms with E-state index in [-0.39, 0.29) is 0 Å².